The van der Waals surface area contributed by atoms with Gasteiger partial charge in [0.2, 0.25) is 0 Å². The fourth-order valence-corrected chi connectivity index (χ4v) is 3.21. The van der Waals surface area contributed by atoms with Gasteiger partial charge >= 0.3 is 0 Å². The van der Waals surface area contributed by atoms with Crippen molar-refractivity contribution < 1.29 is 4.74 Å². The van der Waals surface area contributed by atoms with Crippen LogP contribution in [-0.2, 0) is 0 Å². The molecule has 1 aliphatic heterocycles. The number of piperazine rings is 1. The Morgan fingerprint density at radius 3 is 2.75 bits per heavy atom. The highest BCUT2D eigenvalue weighted by Gasteiger charge is 2.17. The second-order valence-electron chi connectivity index (χ2n) is 5.04. The van der Waals surface area contributed by atoms with Crippen molar-refractivity contribution in [1.29, 1.82) is 0 Å². The van der Waals surface area contributed by atoms with Gasteiger partial charge in [0, 0.05) is 37.1 Å². The Morgan fingerprint density at radius 1 is 1.20 bits per heavy atom. The number of anilines is 1. The minimum absolute atomic E-state index is 0.872. The number of hydrogen-bond donors (Lipinski definition) is 0. The lowest BCUT2D eigenvalue weighted by atomic mass is 10.2. The van der Waals surface area contributed by atoms with Crippen LogP contribution >= 0.6 is 11.3 Å². The Bertz CT molecular complexity index is 576. The van der Waals surface area contributed by atoms with Crippen LogP contribution in [0.1, 0.15) is 0 Å². The van der Waals surface area contributed by atoms with Gasteiger partial charge in [-0.25, -0.2) is 4.98 Å². The molecule has 20 heavy (non-hydrogen) atoms. The van der Waals surface area contributed by atoms with Crippen LogP contribution in [-0.4, -0.2) is 50.2 Å². The molecule has 1 aliphatic rings. The van der Waals surface area contributed by atoms with Crippen LogP contribution in [0.25, 0.3) is 11.3 Å². The number of thiazole rings is 1. The molecule has 0 spiro atoms. The Morgan fingerprint density at radius 2 is 2.00 bits per heavy atom. The summed E-state index contributed by atoms with van der Waals surface area (Å²) in [6.45, 7) is 4.32. The fourth-order valence-electron chi connectivity index (χ4n) is 2.32. The van der Waals surface area contributed by atoms with E-state index >= 15 is 0 Å². The van der Waals surface area contributed by atoms with Crippen LogP contribution in [0.3, 0.4) is 0 Å². The number of nitrogens with zero attached hydrogens (tertiary/aromatic N) is 3. The standard InChI is InChI=1S/C15H19N3OS/c1-17-6-8-18(9-7-17)15-16-14(11-20-15)12-4-3-5-13(10-12)19-2/h3-5,10-11H,6-9H2,1-2H3. The second-order valence-corrected chi connectivity index (χ2v) is 5.87. The van der Waals surface area contributed by atoms with E-state index in [0.717, 1.165) is 48.3 Å². The van der Waals surface area contributed by atoms with E-state index in [-0.39, 0.29) is 0 Å². The number of benzene rings is 1. The third kappa shape index (κ3) is 2.78. The number of rotatable bonds is 3. The highest BCUT2D eigenvalue weighted by molar-refractivity contribution is 7.14. The molecule has 1 saturated heterocycles. The minimum atomic E-state index is 0.872. The lowest BCUT2D eigenvalue weighted by Gasteiger charge is -2.32. The first-order chi connectivity index (χ1) is 9.76. The summed E-state index contributed by atoms with van der Waals surface area (Å²) < 4.78 is 5.27. The Balaban J connectivity index is 1.79. The van der Waals surface area contributed by atoms with E-state index in [4.69, 9.17) is 9.72 Å². The average molecular weight is 289 g/mol. The van der Waals surface area contributed by atoms with Gasteiger partial charge in [0.1, 0.15) is 5.75 Å². The summed E-state index contributed by atoms with van der Waals surface area (Å²) >= 11 is 1.72. The molecule has 2 aromatic rings. The zero-order valence-electron chi connectivity index (χ0n) is 11.9. The van der Waals surface area contributed by atoms with Gasteiger partial charge in [-0.05, 0) is 19.2 Å². The molecule has 106 valence electrons. The lowest BCUT2D eigenvalue weighted by Crippen LogP contribution is -2.44. The molecular weight excluding hydrogens is 270 g/mol. The van der Waals surface area contributed by atoms with E-state index in [9.17, 15) is 0 Å². The first-order valence-electron chi connectivity index (χ1n) is 6.80. The summed E-state index contributed by atoms with van der Waals surface area (Å²) in [4.78, 5) is 9.50. The van der Waals surface area contributed by atoms with Crippen molar-refractivity contribution in [1.82, 2.24) is 9.88 Å². The predicted molar refractivity (Wildman–Crippen MR) is 83.8 cm³/mol. The molecule has 4 nitrogen and oxygen atoms in total. The normalized spacial score (nSPS) is 16.4. The molecule has 0 aliphatic carbocycles. The van der Waals surface area contributed by atoms with Gasteiger partial charge in [0.05, 0.1) is 12.8 Å². The number of likely N-dealkylation sites (N-methyl/N-ethyl adjacent to an activating group) is 1. The molecule has 1 aromatic carbocycles. The topological polar surface area (TPSA) is 28.6 Å². The summed E-state index contributed by atoms with van der Waals surface area (Å²) in [5.41, 5.74) is 2.14. The van der Waals surface area contributed by atoms with Crippen molar-refractivity contribution in [3.8, 4) is 17.0 Å². The molecule has 3 rings (SSSR count). The van der Waals surface area contributed by atoms with Crippen LogP contribution in [0, 0.1) is 0 Å². The molecular formula is C15H19N3OS. The summed E-state index contributed by atoms with van der Waals surface area (Å²) in [6.07, 6.45) is 0. The SMILES string of the molecule is COc1cccc(-c2csc(N3CCN(C)CC3)n2)c1. The summed E-state index contributed by atoms with van der Waals surface area (Å²) in [5, 5.41) is 3.25. The van der Waals surface area contributed by atoms with E-state index in [1.54, 1.807) is 18.4 Å². The number of aromatic nitrogens is 1. The molecule has 1 aromatic heterocycles. The van der Waals surface area contributed by atoms with Crippen LogP contribution in [0.4, 0.5) is 5.13 Å². The largest absolute Gasteiger partial charge is 0.497 e. The molecule has 0 bridgehead atoms. The average Bonchev–Trinajstić information content (AvgIpc) is 2.98. The van der Waals surface area contributed by atoms with Crippen LogP contribution in [0.15, 0.2) is 29.6 Å². The first kappa shape index (κ1) is 13.4. The Labute approximate surface area is 123 Å². The smallest absolute Gasteiger partial charge is 0.185 e. The molecule has 0 atom stereocenters. The van der Waals surface area contributed by atoms with Crippen LogP contribution < -0.4 is 9.64 Å². The van der Waals surface area contributed by atoms with E-state index < -0.39 is 0 Å². The third-order valence-corrected chi connectivity index (χ3v) is 4.53. The van der Waals surface area contributed by atoms with Crippen LogP contribution in [0.5, 0.6) is 5.75 Å². The summed E-state index contributed by atoms with van der Waals surface area (Å²) in [6, 6.07) is 8.06. The van der Waals surface area contributed by atoms with Gasteiger partial charge in [-0.1, -0.05) is 12.1 Å². The molecule has 0 radical (unpaired) electrons. The van der Waals surface area contributed by atoms with Gasteiger partial charge in [0.15, 0.2) is 5.13 Å². The van der Waals surface area contributed by atoms with Gasteiger partial charge in [0.25, 0.3) is 0 Å². The zero-order chi connectivity index (χ0) is 13.9. The maximum Gasteiger partial charge on any atom is 0.185 e. The number of ether oxygens (including phenoxy) is 1. The molecule has 0 unspecified atom stereocenters. The van der Waals surface area contributed by atoms with Gasteiger partial charge in [-0.3, -0.25) is 0 Å². The molecule has 0 saturated carbocycles. The highest BCUT2D eigenvalue weighted by Crippen LogP contribution is 2.29. The monoisotopic (exact) mass is 289 g/mol. The molecule has 5 heteroatoms. The third-order valence-electron chi connectivity index (χ3n) is 3.63. The second kappa shape index (κ2) is 5.81. The highest BCUT2D eigenvalue weighted by atomic mass is 32.1. The van der Waals surface area contributed by atoms with Crippen molar-refractivity contribution in [2.24, 2.45) is 0 Å². The van der Waals surface area contributed by atoms with Gasteiger partial charge < -0.3 is 14.5 Å². The van der Waals surface area contributed by atoms with E-state index in [0.29, 0.717) is 0 Å². The van der Waals surface area contributed by atoms with E-state index in [1.807, 2.05) is 18.2 Å². The number of hydrogen-bond acceptors (Lipinski definition) is 5. The van der Waals surface area contributed by atoms with E-state index in [2.05, 4.69) is 28.3 Å². The molecule has 1 fully saturated rings. The van der Waals surface area contributed by atoms with Crippen molar-refractivity contribution in [2.75, 3.05) is 45.2 Å². The Kier molecular flexibility index (Phi) is 3.89. The Hall–Kier alpha value is -1.59. The van der Waals surface area contributed by atoms with Gasteiger partial charge in [-0.2, -0.15) is 0 Å². The van der Waals surface area contributed by atoms with Crippen molar-refractivity contribution in [2.45, 2.75) is 0 Å². The fraction of sp³-hybridized carbons (Fsp3) is 0.400. The molecule has 0 amide bonds. The molecule has 0 N–H and O–H groups in total. The zero-order valence-corrected chi connectivity index (χ0v) is 12.7. The van der Waals surface area contributed by atoms with Crippen molar-refractivity contribution >= 4 is 16.5 Å². The van der Waals surface area contributed by atoms with Crippen LogP contribution in [0.2, 0.25) is 0 Å². The lowest BCUT2D eigenvalue weighted by molar-refractivity contribution is 0.313. The quantitative estimate of drug-likeness (QED) is 0.868. The predicted octanol–water partition coefficient (Wildman–Crippen LogP) is 2.57. The van der Waals surface area contributed by atoms with Crippen molar-refractivity contribution in [3.63, 3.8) is 0 Å². The van der Waals surface area contributed by atoms with Gasteiger partial charge in [-0.15, -0.1) is 11.3 Å². The summed E-state index contributed by atoms with van der Waals surface area (Å²) in [7, 11) is 3.86. The first-order valence-corrected chi connectivity index (χ1v) is 7.67. The summed E-state index contributed by atoms with van der Waals surface area (Å²) in [5.74, 6) is 0.872. The van der Waals surface area contributed by atoms with E-state index in [1.165, 1.54) is 0 Å². The maximum atomic E-state index is 5.27. The van der Waals surface area contributed by atoms with Crippen molar-refractivity contribution in [3.05, 3.63) is 29.6 Å². The minimum Gasteiger partial charge on any atom is -0.497 e. The maximum absolute atomic E-state index is 5.27. The number of methoxy groups -OCH3 is 1. The molecule has 2 heterocycles.